The highest BCUT2D eigenvalue weighted by atomic mass is 32.2. The second kappa shape index (κ2) is 8.64. The Labute approximate surface area is 177 Å². The number of aromatic nitrogens is 4. The molecule has 8 nitrogen and oxygen atoms in total. The fraction of sp³-hybridized carbons (Fsp3) is 0.111. The fourth-order valence-electron chi connectivity index (χ4n) is 2.56. The molecular weight excluding hydrogens is 428 g/mol. The van der Waals surface area contributed by atoms with Gasteiger partial charge in [-0.3, -0.25) is 14.9 Å². The van der Waals surface area contributed by atoms with E-state index in [4.69, 9.17) is 0 Å². The summed E-state index contributed by atoms with van der Waals surface area (Å²) in [5.41, 5.74) is 1.34. The molecule has 2 aromatic heterocycles. The van der Waals surface area contributed by atoms with E-state index in [9.17, 15) is 9.59 Å². The molecule has 0 spiro atoms. The molecule has 4 rings (SSSR count). The van der Waals surface area contributed by atoms with Crippen molar-refractivity contribution in [3.63, 3.8) is 0 Å². The van der Waals surface area contributed by atoms with E-state index in [0.717, 1.165) is 28.0 Å². The average molecular weight is 443 g/mol. The fourth-order valence-corrected chi connectivity index (χ4v) is 4.66. The predicted molar refractivity (Wildman–Crippen MR) is 116 cm³/mol. The maximum absolute atomic E-state index is 12.3. The summed E-state index contributed by atoms with van der Waals surface area (Å²) in [6, 6.07) is 13.7. The Morgan fingerprint density at radius 2 is 1.86 bits per heavy atom. The summed E-state index contributed by atoms with van der Waals surface area (Å²) in [7, 11) is 0. The number of hydrogen-bond donors (Lipinski definition) is 2. The number of hydrogen-bond acceptors (Lipinski definition) is 9. The van der Waals surface area contributed by atoms with Crippen molar-refractivity contribution in [1.29, 1.82) is 0 Å². The van der Waals surface area contributed by atoms with E-state index in [1.165, 1.54) is 23.1 Å². The van der Waals surface area contributed by atoms with Crippen LogP contribution in [-0.2, 0) is 4.79 Å². The quantitative estimate of drug-likeness (QED) is 0.345. The van der Waals surface area contributed by atoms with Crippen LogP contribution >= 0.6 is 34.6 Å². The third-order valence-corrected chi connectivity index (χ3v) is 6.67. The first-order valence-electron chi connectivity index (χ1n) is 8.44. The van der Waals surface area contributed by atoms with Crippen LogP contribution in [0.1, 0.15) is 15.4 Å². The van der Waals surface area contributed by atoms with Crippen LogP contribution in [0.5, 0.6) is 0 Å². The Morgan fingerprint density at radius 1 is 1.03 bits per heavy atom. The minimum absolute atomic E-state index is 0.140. The molecule has 0 saturated carbocycles. The van der Waals surface area contributed by atoms with Gasteiger partial charge in [0.1, 0.15) is 4.88 Å². The Hall–Kier alpha value is -2.89. The molecule has 2 amide bonds. The third-order valence-electron chi connectivity index (χ3n) is 3.88. The smallest absolute Gasteiger partial charge is 0.271 e. The number of anilines is 2. The van der Waals surface area contributed by atoms with Gasteiger partial charge in [-0.05, 0) is 29.9 Å². The Kier molecular flexibility index (Phi) is 5.79. The van der Waals surface area contributed by atoms with E-state index < -0.39 is 0 Å². The lowest BCUT2D eigenvalue weighted by Crippen LogP contribution is -2.14. The maximum Gasteiger partial charge on any atom is 0.271 e. The first-order chi connectivity index (χ1) is 14.1. The van der Waals surface area contributed by atoms with Crippen LogP contribution in [0, 0.1) is 6.92 Å². The highest BCUT2D eigenvalue weighted by Crippen LogP contribution is 2.27. The van der Waals surface area contributed by atoms with E-state index in [2.05, 4.69) is 30.4 Å². The average Bonchev–Trinajstić information content (AvgIpc) is 3.35. The number of fused-ring (bicyclic) bond motifs is 1. The predicted octanol–water partition coefficient (Wildman–Crippen LogP) is 3.83. The van der Waals surface area contributed by atoms with E-state index >= 15 is 0 Å². The lowest BCUT2D eigenvalue weighted by atomic mass is 10.1. The maximum atomic E-state index is 12.3. The summed E-state index contributed by atoms with van der Waals surface area (Å²) in [5.74, 6) is -0.277. The van der Waals surface area contributed by atoms with Crippen LogP contribution in [0.2, 0.25) is 0 Å². The van der Waals surface area contributed by atoms with Gasteiger partial charge in [0.25, 0.3) is 5.91 Å². The van der Waals surface area contributed by atoms with Crippen LogP contribution in [0.15, 0.2) is 46.8 Å². The molecule has 4 aromatic rings. The number of rotatable bonds is 6. The topological polar surface area (TPSA) is 110 Å². The summed E-state index contributed by atoms with van der Waals surface area (Å²) in [6.07, 6.45) is 0. The molecule has 146 valence electrons. The van der Waals surface area contributed by atoms with Gasteiger partial charge in [-0.1, -0.05) is 64.0 Å². The number of benzene rings is 2. The zero-order valence-electron chi connectivity index (χ0n) is 15.1. The summed E-state index contributed by atoms with van der Waals surface area (Å²) in [5, 5.41) is 19.8. The molecule has 0 aliphatic rings. The van der Waals surface area contributed by atoms with Gasteiger partial charge >= 0.3 is 0 Å². The molecule has 0 radical (unpaired) electrons. The number of carbonyl (C=O) groups is 2. The van der Waals surface area contributed by atoms with E-state index in [-0.39, 0.29) is 17.6 Å². The summed E-state index contributed by atoms with van der Waals surface area (Å²) in [6.45, 7) is 1.72. The van der Waals surface area contributed by atoms with Crippen molar-refractivity contribution < 1.29 is 9.59 Å². The molecule has 0 unspecified atom stereocenters. The molecule has 29 heavy (non-hydrogen) atoms. The molecule has 2 aromatic carbocycles. The lowest BCUT2D eigenvalue weighted by Gasteiger charge is -2.08. The Morgan fingerprint density at radius 3 is 2.69 bits per heavy atom. The zero-order valence-corrected chi connectivity index (χ0v) is 17.5. The van der Waals surface area contributed by atoms with Crippen molar-refractivity contribution in [3.8, 4) is 0 Å². The number of thioether (sulfide) groups is 1. The lowest BCUT2D eigenvalue weighted by molar-refractivity contribution is -0.113. The summed E-state index contributed by atoms with van der Waals surface area (Å²) in [4.78, 5) is 25.0. The van der Waals surface area contributed by atoms with Crippen LogP contribution in [0.25, 0.3) is 10.8 Å². The number of amides is 2. The van der Waals surface area contributed by atoms with Crippen LogP contribution < -0.4 is 10.6 Å². The Balaban J connectivity index is 1.34. The zero-order chi connectivity index (χ0) is 20.2. The van der Waals surface area contributed by atoms with Gasteiger partial charge in [-0.25, -0.2) is 0 Å². The van der Waals surface area contributed by atoms with Gasteiger partial charge in [-0.2, -0.15) is 0 Å². The standard InChI is InChI=1S/C18H14N6O2S3/c1-10-15(29-24-21-10)16(26)20-17-22-23-18(28-17)27-9-14(25)19-13-8-4-6-11-5-2-3-7-12(11)13/h2-8H,9H2,1H3,(H,19,25)(H,20,22,26). The van der Waals surface area contributed by atoms with Gasteiger partial charge in [0.05, 0.1) is 11.4 Å². The SMILES string of the molecule is Cc1nnsc1C(=O)Nc1nnc(SCC(=O)Nc2cccc3ccccc23)s1. The molecule has 0 fully saturated rings. The molecule has 11 heteroatoms. The molecule has 2 heterocycles. The van der Waals surface area contributed by atoms with Crippen LogP contribution in [0.4, 0.5) is 10.8 Å². The van der Waals surface area contributed by atoms with E-state index in [0.29, 0.717) is 20.0 Å². The van der Waals surface area contributed by atoms with Gasteiger partial charge in [0, 0.05) is 11.1 Å². The van der Waals surface area contributed by atoms with Crippen LogP contribution in [0.3, 0.4) is 0 Å². The van der Waals surface area contributed by atoms with Crippen molar-refractivity contribution >= 4 is 68.0 Å². The van der Waals surface area contributed by atoms with Crippen molar-refractivity contribution in [2.75, 3.05) is 16.4 Å². The second-order valence-corrected chi connectivity index (χ2v) is 8.83. The Bertz CT molecular complexity index is 1180. The largest absolute Gasteiger partial charge is 0.325 e. The van der Waals surface area contributed by atoms with E-state index in [1.807, 2.05) is 42.5 Å². The third kappa shape index (κ3) is 4.58. The molecule has 0 saturated heterocycles. The number of nitrogens with one attached hydrogen (secondary N) is 2. The number of nitrogens with zero attached hydrogens (tertiary/aromatic N) is 4. The number of aryl methyl sites for hydroxylation is 1. The molecular formula is C18H14N6O2S3. The highest BCUT2D eigenvalue weighted by Gasteiger charge is 2.16. The summed E-state index contributed by atoms with van der Waals surface area (Å²) < 4.78 is 4.33. The minimum atomic E-state index is -0.320. The van der Waals surface area contributed by atoms with Crippen molar-refractivity contribution in [2.45, 2.75) is 11.3 Å². The normalized spacial score (nSPS) is 10.8. The molecule has 0 aliphatic heterocycles. The second-order valence-electron chi connectivity index (χ2n) is 5.88. The van der Waals surface area contributed by atoms with Crippen LogP contribution in [-0.4, -0.2) is 37.4 Å². The van der Waals surface area contributed by atoms with Crippen molar-refractivity contribution in [1.82, 2.24) is 19.8 Å². The first kappa shape index (κ1) is 19.4. The molecule has 0 bridgehead atoms. The molecule has 0 aliphatic carbocycles. The first-order valence-corrected chi connectivity index (χ1v) is 11.0. The van der Waals surface area contributed by atoms with Gasteiger partial charge in [0.2, 0.25) is 11.0 Å². The summed E-state index contributed by atoms with van der Waals surface area (Å²) >= 11 is 3.49. The monoisotopic (exact) mass is 442 g/mol. The van der Waals surface area contributed by atoms with E-state index in [1.54, 1.807) is 6.92 Å². The number of carbonyl (C=O) groups excluding carboxylic acids is 2. The molecule has 2 N–H and O–H groups in total. The van der Waals surface area contributed by atoms with Gasteiger partial charge < -0.3 is 5.32 Å². The van der Waals surface area contributed by atoms with Gasteiger partial charge in [0.15, 0.2) is 4.34 Å². The molecule has 0 atom stereocenters. The van der Waals surface area contributed by atoms with Gasteiger partial charge in [-0.15, -0.1) is 15.3 Å². The highest BCUT2D eigenvalue weighted by molar-refractivity contribution is 8.01. The van der Waals surface area contributed by atoms with Crippen molar-refractivity contribution in [2.24, 2.45) is 0 Å². The minimum Gasteiger partial charge on any atom is -0.325 e. The van der Waals surface area contributed by atoms with Crippen molar-refractivity contribution in [3.05, 3.63) is 53.0 Å².